The van der Waals surface area contributed by atoms with Crippen molar-refractivity contribution in [2.45, 2.75) is 53.9 Å². The number of nitrogens with zero attached hydrogens (tertiary/aromatic N) is 3. The molecule has 0 radical (unpaired) electrons. The molecule has 0 spiro atoms. The number of likely N-dealkylation sites (tertiary alicyclic amines) is 3. The molecule has 5 aliphatic rings. The van der Waals surface area contributed by atoms with E-state index in [-0.39, 0.29) is 41.7 Å². The average Bonchev–Trinajstić information content (AvgIpc) is 3.37. The van der Waals surface area contributed by atoms with Crippen molar-refractivity contribution < 1.29 is 28.7 Å². The van der Waals surface area contributed by atoms with Crippen LogP contribution in [0.2, 0.25) is 0 Å². The molecule has 4 amide bonds. The Balaban J connectivity index is 1.21. The van der Waals surface area contributed by atoms with E-state index in [1.165, 1.54) is 16.5 Å². The number of hydrogen-bond donors (Lipinski definition) is 1. The van der Waals surface area contributed by atoms with Gasteiger partial charge >= 0.3 is 0 Å². The highest BCUT2D eigenvalue weighted by Crippen LogP contribution is 2.65. The van der Waals surface area contributed by atoms with E-state index in [1.54, 1.807) is 0 Å². The number of hydrogen-bond acceptors (Lipinski definition) is 6. The Bertz CT molecular complexity index is 1640. The number of aromatic hydroxyl groups is 1. The van der Waals surface area contributed by atoms with E-state index < -0.39 is 56.8 Å². The van der Waals surface area contributed by atoms with Crippen LogP contribution in [0.1, 0.15) is 42.7 Å². The van der Waals surface area contributed by atoms with Crippen LogP contribution in [0.4, 0.5) is 4.39 Å². The summed E-state index contributed by atoms with van der Waals surface area (Å²) in [7, 11) is 0. The molecule has 3 aliphatic heterocycles. The number of phenolic OH excluding ortho intramolecular Hbond substituents is 1. The maximum absolute atomic E-state index is 14.7. The van der Waals surface area contributed by atoms with Crippen LogP contribution in [0, 0.1) is 23.6 Å². The fourth-order valence-corrected chi connectivity index (χ4v) is 9.82. The summed E-state index contributed by atoms with van der Waals surface area (Å²) in [5.41, 5.74) is 1.90. The van der Waals surface area contributed by atoms with Gasteiger partial charge in [-0.2, -0.15) is 0 Å². The third kappa shape index (κ3) is 4.46. The molecular formula is C33H31BrCl2FN3O5. The molecule has 4 fully saturated rings. The van der Waals surface area contributed by atoms with Gasteiger partial charge in [-0.1, -0.05) is 64.0 Å². The quantitative estimate of drug-likeness (QED) is 0.204. The summed E-state index contributed by atoms with van der Waals surface area (Å²) in [6, 6.07) is 13.6. The third-order valence-corrected chi connectivity index (χ3v) is 12.4. The van der Waals surface area contributed by atoms with Crippen molar-refractivity contribution in [1.82, 2.24) is 14.7 Å². The molecule has 1 N–H and O–H groups in total. The van der Waals surface area contributed by atoms with E-state index in [2.05, 4.69) is 33.0 Å². The normalized spacial score (nSPS) is 33.7. The Labute approximate surface area is 278 Å². The molecule has 0 aromatic heterocycles. The number of imide groups is 2. The van der Waals surface area contributed by atoms with Crippen LogP contribution in [0.15, 0.2) is 60.2 Å². The molecule has 236 valence electrons. The Morgan fingerprint density at radius 2 is 1.67 bits per heavy atom. The van der Waals surface area contributed by atoms with E-state index in [9.17, 15) is 28.7 Å². The van der Waals surface area contributed by atoms with E-state index in [0.717, 1.165) is 36.7 Å². The van der Waals surface area contributed by atoms with Crippen molar-refractivity contribution >= 4 is 62.8 Å². The van der Waals surface area contributed by atoms with Crippen molar-refractivity contribution in [2.75, 3.05) is 18.5 Å². The molecule has 2 aromatic rings. The molecule has 2 aliphatic carbocycles. The number of halogens is 4. The van der Waals surface area contributed by atoms with Gasteiger partial charge in [-0.25, -0.2) is 4.39 Å². The van der Waals surface area contributed by atoms with Crippen molar-refractivity contribution in [3.8, 4) is 5.75 Å². The minimum Gasteiger partial charge on any atom is -0.505 e. The van der Waals surface area contributed by atoms with E-state index in [4.69, 9.17) is 23.2 Å². The van der Waals surface area contributed by atoms with E-state index >= 15 is 0 Å². The van der Waals surface area contributed by atoms with Crippen LogP contribution < -0.4 is 0 Å². The fraction of sp³-hybridized carbons (Fsp3) is 0.455. The monoisotopic (exact) mass is 717 g/mol. The number of rotatable bonds is 5. The summed E-state index contributed by atoms with van der Waals surface area (Å²) in [5, 5.41) is 9.91. The number of carbonyl (C=O) groups is 4. The molecule has 1 saturated carbocycles. The lowest BCUT2D eigenvalue weighted by molar-refractivity contribution is -0.144. The number of piperidine rings is 1. The second-order valence-electron chi connectivity index (χ2n) is 12.7. The summed E-state index contributed by atoms with van der Waals surface area (Å²) in [4.78, 5) is 56.5. The number of fused-ring (bicyclic) bond motifs is 4. The summed E-state index contributed by atoms with van der Waals surface area (Å²) in [6.45, 7) is 2.28. The maximum atomic E-state index is 14.7. The van der Waals surface area contributed by atoms with Gasteiger partial charge in [-0.15, -0.1) is 23.2 Å². The lowest BCUT2D eigenvalue weighted by Gasteiger charge is -2.50. The molecule has 0 bridgehead atoms. The Kier molecular flexibility index (Phi) is 7.66. The van der Waals surface area contributed by atoms with E-state index in [0.29, 0.717) is 18.4 Å². The Morgan fingerprint density at radius 3 is 2.33 bits per heavy atom. The highest BCUT2D eigenvalue weighted by atomic mass is 79.9. The number of benzene rings is 2. The topological polar surface area (TPSA) is 98.2 Å². The molecule has 8 nitrogen and oxygen atoms in total. The summed E-state index contributed by atoms with van der Waals surface area (Å²) in [5.74, 6) is -6.63. The predicted molar refractivity (Wildman–Crippen MR) is 168 cm³/mol. The molecule has 0 unspecified atom stereocenters. The number of carbonyl (C=O) groups excluding carboxylic acids is 4. The van der Waals surface area contributed by atoms with E-state index in [1.807, 2.05) is 24.3 Å². The van der Waals surface area contributed by atoms with Gasteiger partial charge in [-0.3, -0.25) is 33.9 Å². The first kappa shape index (κ1) is 30.8. The van der Waals surface area contributed by atoms with Gasteiger partial charge in [0.15, 0.2) is 21.3 Å². The zero-order chi connectivity index (χ0) is 31.8. The van der Waals surface area contributed by atoms with Crippen molar-refractivity contribution in [3.63, 3.8) is 0 Å². The predicted octanol–water partition coefficient (Wildman–Crippen LogP) is 4.91. The van der Waals surface area contributed by atoms with Gasteiger partial charge in [0.25, 0.3) is 11.8 Å². The number of phenols is 1. The smallest absolute Gasteiger partial charge is 0.254 e. The SMILES string of the molecule is O=C1[C@H]2[C@H](CC=C3[C@H]2C[C@@]2(Cl)C(=O)N(CBr)C(=O)[C@@]2(Cl)[C@H]3c2ccc(O)c(F)c2)C(=O)N1C1CCN(Cc2ccccc2)CC1. The summed E-state index contributed by atoms with van der Waals surface area (Å²) in [6.07, 6.45) is 3.25. The standard InChI is InChI=1S/C33H31BrCl2FN3O5/c34-17-39-30(44)32(35)15-23-21(27(33(32,36)31(39)45)19-6-9-25(41)24(37)14-19)7-8-22-26(23)29(43)40(28(22)42)20-10-12-38(13-11-20)16-18-4-2-1-3-5-18/h1-7,9,14,20,22-23,26-27,41H,8,10-13,15-17H2/t22-,23+,26-,27-,32+,33-/m0/s1. The van der Waals surface area contributed by atoms with Gasteiger partial charge in [0, 0.05) is 31.6 Å². The Morgan fingerprint density at radius 1 is 0.956 bits per heavy atom. The highest BCUT2D eigenvalue weighted by Gasteiger charge is 2.76. The minimum atomic E-state index is -2.02. The summed E-state index contributed by atoms with van der Waals surface area (Å²) >= 11 is 17.6. The van der Waals surface area contributed by atoms with Gasteiger partial charge in [0.1, 0.15) is 0 Å². The molecule has 2 aromatic carbocycles. The molecule has 3 heterocycles. The zero-order valence-electron chi connectivity index (χ0n) is 24.2. The van der Waals surface area contributed by atoms with Crippen molar-refractivity contribution in [1.29, 1.82) is 0 Å². The van der Waals surface area contributed by atoms with Gasteiger partial charge in [-0.05, 0) is 54.9 Å². The zero-order valence-corrected chi connectivity index (χ0v) is 27.3. The second-order valence-corrected chi connectivity index (χ2v) is 14.5. The third-order valence-electron chi connectivity index (χ3n) is 10.5. The van der Waals surface area contributed by atoms with Crippen LogP contribution in [0.25, 0.3) is 0 Å². The molecular weight excluding hydrogens is 688 g/mol. The number of amides is 4. The van der Waals surface area contributed by atoms with Crippen LogP contribution >= 0.6 is 39.1 Å². The van der Waals surface area contributed by atoms with Crippen LogP contribution in [0.3, 0.4) is 0 Å². The lowest BCUT2D eigenvalue weighted by atomic mass is 9.56. The highest BCUT2D eigenvalue weighted by molar-refractivity contribution is 9.09. The second kappa shape index (κ2) is 11.2. The molecule has 12 heteroatoms. The molecule has 3 saturated heterocycles. The molecule has 7 rings (SSSR count). The largest absolute Gasteiger partial charge is 0.505 e. The number of allylic oxidation sites excluding steroid dienone is 2. The Hall–Kier alpha value is -2.79. The van der Waals surface area contributed by atoms with Crippen molar-refractivity contribution in [2.24, 2.45) is 17.8 Å². The molecule has 6 atom stereocenters. The average molecular weight is 719 g/mol. The first-order valence-electron chi connectivity index (χ1n) is 15.1. The lowest BCUT2D eigenvalue weighted by Crippen LogP contribution is -2.60. The van der Waals surface area contributed by atoms with Crippen molar-refractivity contribution in [3.05, 3.63) is 77.1 Å². The minimum absolute atomic E-state index is 0.126. The first-order valence-corrected chi connectivity index (χ1v) is 17.0. The van der Waals surface area contributed by atoms with Gasteiger partial charge < -0.3 is 5.11 Å². The van der Waals surface area contributed by atoms with Gasteiger partial charge in [0.05, 0.1) is 17.3 Å². The van der Waals surface area contributed by atoms with Crippen LogP contribution in [-0.4, -0.2) is 77.8 Å². The fourth-order valence-electron chi connectivity index (χ4n) is 8.39. The van der Waals surface area contributed by atoms with Crippen LogP contribution in [0.5, 0.6) is 5.75 Å². The van der Waals surface area contributed by atoms with Gasteiger partial charge in [0.2, 0.25) is 11.8 Å². The maximum Gasteiger partial charge on any atom is 0.254 e. The number of alkyl halides is 3. The molecule has 45 heavy (non-hydrogen) atoms. The summed E-state index contributed by atoms with van der Waals surface area (Å²) < 4.78 is 14.7. The van der Waals surface area contributed by atoms with Crippen LogP contribution in [-0.2, 0) is 25.7 Å². The first-order chi connectivity index (χ1) is 21.5.